The first-order valence-electron chi connectivity index (χ1n) is 8.97. The third-order valence-electron chi connectivity index (χ3n) is 4.89. The van der Waals surface area contributed by atoms with Crippen molar-refractivity contribution in [1.82, 2.24) is 9.80 Å². The average molecular weight is 362 g/mol. The zero-order chi connectivity index (χ0) is 18.5. The van der Waals surface area contributed by atoms with E-state index in [1.807, 2.05) is 29.2 Å². The van der Waals surface area contributed by atoms with E-state index in [0.29, 0.717) is 26.2 Å². The largest absolute Gasteiger partial charge is 0.497 e. The van der Waals surface area contributed by atoms with Crippen LogP contribution >= 0.6 is 0 Å². The van der Waals surface area contributed by atoms with Crippen molar-refractivity contribution in [3.8, 4) is 11.5 Å². The molecule has 0 aromatic heterocycles. The first-order chi connectivity index (χ1) is 12.6. The second kappa shape index (κ2) is 8.40. The molecule has 142 valence electrons. The molecule has 2 saturated heterocycles. The number of piperidine rings is 1. The summed E-state index contributed by atoms with van der Waals surface area (Å²) in [6.45, 7) is 2.42. The van der Waals surface area contributed by atoms with E-state index < -0.39 is 0 Å². The lowest BCUT2D eigenvalue weighted by atomic mass is 9.94. The Morgan fingerprint density at radius 1 is 1.12 bits per heavy atom. The second-order valence-corrected chi connectivity index (χ2v) is 6.77. The van der Waals surface area contributed by atoms with Gasteiger partial charge < -0.3 is 24.0 Å². The molecular formula is C19H26N2O5. The molecule has 2 heterocycles. The molecule has 0 spiro atoms. The van der Waals surface area contributed by atoms with Crippen LogP contribution in [0.15, 0.2) is 24.3 Å². The van der Waals surface area contributed by atoms with E-state index in [4.69, 9.17) is 14.2 Å². The standard InChI is InChI=1S/C19H26N2O5/c1-24-13-18(22)20-8-4-5-14(10-20)19(23)21-11-17(12-21)26-16-7-3-6-15(9-16)25-2/h3,6-7,9,14,17H,4-5,8,10-13H2,1-2H3/t14-/m1/s1. The maximum absolute atomic E-state index is 12.7. The summed E-state index contributed by atoms with van der Waals surface area (Å²) in [6, 6.07) is 7.46. The summed E-state index contributed by atoms with van der Waals surface area (Å²) in [5, 5.41) is 0. The van der Waals surface area contributed by atoms with E-state index >= 15 is 0 Å². The maximum atomic E-state index is 12.7. The summed E-state index contributed by atoms with van der Waals surface area (Å²) in [5.74, 6) is 1.44. The van der Waals surface area contributed by atoms with Gasteiger partial charge in [-0.1, -0.05) is 6.07 Å². The highest BCUT2D eigenvalue weighted by Gasteiger charge is 2.38. The molecule has 0 unspecified atom stereocenters. The summed E-state index contributed by atoms with van der Waals surface area (Å²) in [4.78, 5) is 28.2. The minimum atomic E-state index is -0.123. The average Bonchev–Trinajstić information content (AvgIpc) is 2.64. The maximum Gasteiger partial charge on any atom is 0.248 e. The quantitative estimate of drug-likeness (QED) is 0.760. The highest BCUT2D eigenvalue weighted by atomic mass is 16.5. The van der Waals surface area contributed by atoms with E-state index in [1.165, 1.54) is 7.11 Å². The van der Waals surface area contributed by atoms with Crippen molar-refractivity contribution in [3.05, 3.63) is 24.3 Å². The molecule has 2 aliphatic heterocycles. The number of likely N-dealkylation sites (tertiary alicyclic amines) is 2. The van der Waals surface area contributed by atoms with Crippen molar-refractivity contribution < 1.29 is 23.8 Å². The van der Waals surface area contributed by atoms with Gasteiger partial charge >= 0.3 is 0 Å². The van der Waals surface area contributed by atoms with E-state index in [-0.39, 0.29) is 30.4 Å². The van der Waals surface area contributed by atoms with E-state index in [1.54, 1.807) is 12.0 Å². The van der Waals surface area contributed by atoms with Crippen molar-refractivity contribution in [3.63, 3.8) is 0 Å². The molecule has 1 aromatic rings. The molecule has 0 radical (unpaired) electrons. The summed E-state index contributed by atoms with van der Waals surface area (Å²) < 4.78 is 16.0. The van der Waals surface area contributed by atoms with Crippen LogP contribution < -0.4 is 9.47 Å². The van der Waals surface area contributed by atoms with Crippen LogP contribution in [0.1, 0.15) is 12.8 Å². The first kappa shape index (κ1) is 18.5. The molecule has 1 atom stereocenters. The van der Waals surface area contributed by atoms with Gasteiger partial charge in [0.25, 0.3) is 0 Å². The minimum Gasteiger partial charge on any atom is -0.497 e. The Morgan fingerprint density at radius 2 is 1.88 bits per heavy atom. The van der Waals surface area contributed by atoms with Crippen LogP contribution in [0.3, 0.4) is 0 Å². The van der Waals surface area contributed by atoms with Gasteiger partial charge in [-0.2, -0.15) is 0 Å². The Labute approximate surface area is 153 Å². The Balaban J connectivity index is 1.47. The van der Waals surface area contributed by atoms with Gasteiger partial charge in [0.15, 0.2) is 0 Å². The molecule has 7 nitrogen and oxygen atoms in total. The highest BCUT2D eigenvalue weighted by molar-refractivity contribution is 5.82. The number of hydrogen-bond acceptors (Lipinski definition) is 5. The van der Waals surface area contributed by atoms with Gasteiger partial charge in [-0.25, -0.2) is 0 Å². The molecular weight excluding hydrogens is 336 g/mol. The number of hydrogen-bond donors (Lipinski definition) is 0. The number of carbonyl (C=O) groups excluding carboxylic acids is 2. The van der Waals surface area contributed by atoms with Gasteiger partial charge in [0.1, 0.15) is 24.2 Å². The van der Waals surface area contributed by atoms with Crippen LogP contribution in [0.25, 0.3) is 0 Å². The Hall–Kier alpha value is -2.28. The van der Waals surface area contributed by atoms with E-state index in [9.17, 15) is 9.59 Å². The topological polar surface area (TPSA) is 68.3 Å². The van der Waals surface area contributed by atoms with Crippen LogP contribution in [0.5, 0.6) is 11.5 Å². The van der Waals surface area contributed by atoms with Gasteiger partial charge in [-0.05, 0) is 25.0 Å². The number of ether oxygens (including phenoxy) is 3. The van der Waals surface area contributed by atoms with Crippen LogP contribution in [0, 0.1) is 5.92 Å². The fourth-order valence-electron chi connectivity index (χ4n) is 3.44. The SMILES string of the molecule is COCC(=O)N1CCC[C@@H](C(=O)N2CC(Oc3cccc(OC)c3)C2)C1. The summed E-state index contributed by atoms with van der Waals surface area (Å²) >= 11 is 0. The first-order valence-corrected chi connectivity index (χ1v) is 8.97. The predicted molar refractivity (Wildman–Crippen MR) is 95.2 cm³/mol. The Bertz CT molecular complexity index is 645. The fourth-order valence-corrected chi connectivity index (χ4v) is 3.44. The van der Waals surface area contributed by atoms with Gasteiger partial charge in [-0.15, -0.1) is 0 Å². The third-order valence-corrected chi connectivity index (χ3v) is 4.89. The molecule has 7 heteroatoms. The molecule has 1 aromatic carbocycles. The van der Waals surface area contributed by atoms with Gasteiger partial charge in [0.05, 0.1) is 26.1 Å². The second-order valence-electron chi connectivity index (χ2n) is 6.77. The lowest BCUT2D eigenvalue weighted by Crippen LogP contribution is -2.59. The molecule has 3 rings (SSSR count). The zero-order valence-corrected chi connectivity index (χ0v) is 15.3. The summed E-state index contributed by atoms with van der Waals surface area (Å²) in [6.07, 6.45) is 1.68. The number of amides is 2. The Kier molecular flexibility index (Phi) is 5.98. The Morgan fingerprint density at radius 3 is 2.62 bits per heavy atom. The van der Waals surface area contributed by atoms with E-state index in [0.717, 1.165) is 24.3 Å². The zero-order valence-electron chi connectivity index (χ0n) is 15.3. The molecule has 2 fully saturated rings. The molecule has 0 saturated carbocycles. The number of benzene rings is 1. The fraction of sp³-hybridized carbons (Fsp3) is 0.579. The van der Waals surface area contributed by atoms with Gasteiger partial charge in [0.2, 0.25) is 11.8 Å². The van der Waals surface area contributed by atoms with Crippen LogP contribution in [-0.4, -0.2) is 74.7 Å². The van der Waals surface area contributed by atoms with Gasteiger partial charge in [-0.3, -0.25) is 9.59 Å². The third kappa shape index (κ3) is 4.27. The summed E-state index contributed by atoms with van der Waals surface area (Å²) in [5.41, 5.74) is 0. The van der Waals surface area contributed by atoms with Crippen molar-refractivity contribution in [2.45, 2.75) is 18.9 Å². The molecule has 0 N–H and O–H groups in total. The molecule has 0 bridgehead atoms. The van der Waals surface area contributed by atoms with E-state index in [2.05, 4.69) is 0 Å². The number of methoxy groups -OCH3 is 2. The highest BCUT2D eigenvalue weighted by Crippen LogP contribution is 2.25. The monoisotopic (exact) mass is 362 g/mol. The smallest absolute Gasteiger partial charge is 0.248 e. The van der Waals surface area contributed by atoms with Crippen LogP contribution in [0.4, 0.5) is 0 Å². The molecule has 2 aliphatic rings. The number of rotatable bonds is 6. The molecule has 0 aliphatic carbocycles. The van der Waals surface area contributed by atoms with Crippen molar-refractivity contribution in [1.29, 1.82) is 0 Å². The molecule has 26 heavy (non-hydrogen) atoms. The van der Waals surface area contributed by atoms with Crippen molar-refractivity contribution in [2.75, 3.05) is 47.0 Å². The number of carbonyl (C=O) groups is 2. The normalized spacial score (nSPS) is 20.5. The van der Waals surface area contributed by atoms with Crippen LogP contribution in [-0.2, 0) is 14.3 Å². The molecule has 2 amide bonds. The van der Waals surface area contributed by atoms with Crippen LogP contribution in [0.2, 0.25) is 0 Å². The predicted octanol–water partition coefficient (Wildman–Crippen LogP) is 1.17. The lowest BCUT2D eigenvalue weighted by molar-refractivity contribution is -0.148. The number of nitrogens with zero attached hydrogens (tertiary/aromatic N) is 2. The minimum absolute atomic E-state index is 0.000808. The van der Waals surface area contributed by atoms with Crippen molar-refractivity contribution in [2.24, 2.45) is 5.92 Å². The van der Waals surface area contributed by atoms with Gasteiger partial charge in [0, 0.05) is 26.3 Å². The summed E-state index contributed by atoms with van der Waals surface area (Å²) in [7, 11) is 3.13. The lowest BCUT2D eigenvalue weighted by Gasteiger charge is -2.42. The van der Waals surface area contributed by atoms with Crippen molar-refractivity contribution >= 4 is 11.8 Å².